The summed E-state index contributed by atoms with van der Waals surface area (Å²) in [6.45, 7) is 4.99. The molecule has 0 saturated heterocycles. The Kier molecular flexibility index (Phi) is 4.57. The average molecular weight is 293 g/mol. The van der Waals surface area contributed by atoms with E-state index < -0.39 is 10.0 Å². The molecule has 20 heavy (non-hydrogen) atoms. The molecule has 0 radical (unpaired) electrons. The molecule has 1 aromatic carbocycles. The Morgan fingerprint density at radius 1 is 1.25 bits per heavy atom. The topological polar surface area (TPSA) is 71.1 Å². The summed E-state index contributed by atoms with van der Waals surface area (Å²) in [6, 6.07) is 9.25. The minimum atomic E-state index is -3.36. The Labute approximate surface area is 119 Å². The number of nitrogens with zero attached hydrogens (tertiary/aromatic N) is 1. The third-order valence-electron chi connectivity index (χ3n) is 2.91. The van der Waals surface area contributed by atoms with Gasteiger partial charge in [-0.05, 0) is 25.6 Å². The number of aromatic nitrogens is 1. The van der Waals surface area contributed by atoms with Crippen molar-refractivity contribution in [3.05, 3.63) is 36.0 Å². The summed E-state index contributed by atoms with van der Waals surface area (Å²) < 4.78 is 26.8. The van der Waals surface area contributed by atoms with Gasteiger partial charge in [-0.25, -0.2) is 8.42 Å². The zero-order chi connectivity index (χ0) is 14.6. The van der Waals surface area contributed by atoms with E-state index in [1.165, 1.54) is 0 Å². The molecule has 1 heterocycles. The van der Waals surface area contributed by atoms with E-state index in [1.54, 1.807) is 6.07 Å². The number of fused-ring (bicyclic) bond motifs is 1. The van der Waals surface area contributed by atoms with Crippen molar-refractivity contribution in [2.75, 3.05) is 23.6 Å². The molecule has 2 aromatic rings. The van der Waals surface area contributed by atoms with Gasteiger partial charge >= 0.3 is 0 Å². The molecule has 1 aromatic heterocycles. The average Bonchev–Trinajstić information content (AvgIpc) is 2.38. The minimum absolute atomic E-state index is 0.0521. The van der Waals surface area contributed by atoms with Crippen LogP contribution >= 0.6 is 0 Å². The van der Waals surface area contributed by atoms with Crippen LogP contribution in [0.4, 0.5) is 5.69 Å². The van der Waals surface area contributed by atoms with Gasteiger partial charge < -0.3 is 5.32 Å². The maximum Gasteiger partial charge on any atom is 0.233 e. The van der Waals surface area contributed by atoms with Crippen molar-refractivity contribution in [1.82, 2.24) is 10.3 Å². The normalized spacial score (nSPS) is 11.7. The highest BCUT2D eigenvalue weighted by Crippen LogP contribution is 2.23. The van der Waals surface area contributed by atoms with Gasteiger partial charge in [0.2, 0.25) is 10.0 Å². The number of para-hydroxylation sites is 1. The van der Waals surface area contributed by atoms with Crippen LogP contribution in [0.15, 0.2) is 30.3 Å². The number of anilines is 1. The highest BCUT2D eigenvalue weighted by atomic mass is 32.2. The molecule has 0 fully saturated rings. The first-order valence-corrected chi connectivity index (χ1v) is 8.24. The number of pyridine rings is 1. The van der Waals surface area contributed by atoms with E-state index >= 15 is 0 Å². The Hall–Kier alpha value is -1.66. The third kappa shape index (κ3) is 3.68. The van der Waals surface area contributed by atoms with Gasteiger partial charge in [0.1, 0.15) is 0 Å². The van der Waals surface area contributed by atoms with Crippen LogP contribution in [0.2, 0.25) is 0 Å². The van der Waals surface area contributed by atoms with Crippen LogP contribution in [0.25, 0.3) is 10.9 Å². The zero-order valence-electron chi connectivity index (χ0n) is 11.7. The molecule has 0 amide bonds. The number of benzene rings is 1. The van der Waals surface area contributed by atoms with Crippen molar-refractivity contribution in [1.29, 1.82) is 0 Å². The fraction of sp³-hybridized carbons (Fsp3) is 0.357. The lowest BCUT2D eigenvalue weighted by Gasteiger charge is -2.11. The first kappa shape index (κ1) is 14.7. The summed E-state index contributed by atoms with van der Waals surface area (Å²) in [5.74, 6) is 0.0521. The lowest BCUT2D eigenvalue weighted by molar-refractivity contribution is 0.597. The van der Waals surface area contributed by atoms with E-state index in [9.17, 15) is 8.42 Å². The van der Waals surface area contributed by atoms with E-state index in [1.807, 2.05) is 38.1 Å². The molecule has 2 rings (SSSR count). The molecular weight excluding hydrogens is 274 g/mol. The van der Waals surface area contributed by atoms with Crippen LogP contribution < -0.4 is 10.0 Å². The fourth-order valence-corrected chi connectivity index (χ4v) is 3.01. The number of hydrogen-bond donors (Lipinski definition) is 2. The molecule has 0 aliphatic rings. The molecule has 0 atom stereocenters. The molecule has 0 bridgehead atoms. The van der Waals surface area contributed by atoms with Crippen molar-refractivity contribution in [3.63, 3.8) is 0 Å². The van der Waals surface area contributed by atoms with Gasteiger partial charge in [0.05, 0.1) is 17.0 Å². The Bertz CT molecular complexity index is 699. The predicted octanol–water partition coefficient (Wildman–Crippen LogP) is 1.89. The second-order valence-corrected chi connectivity index (χ2v) is 6.44. The summed E-state index contributed by atoms with van der Waals surface area (Å²) in [5.41, 5.74) is 2.16. The standard InChI is InChI=1S/C14H19N3O2S/c1-3-15-8-9-20(18,19)17-14-10-11(2)16-13-7-5-4-6-12(13)14/h4-7,10,15H,3,8-9H2,1-2H3,(H,16,17). The number of sulfonamides is 1. The molecule has 0 saturated carbocycles. The molecule has 0 unspecified atom stereocenters. The summed E-state index contributed by atoms with van der Waals surface area (Å²) in [7, 11) is -3.36. The Morgan fingerprint density at radius 2 is 2.00 bits per heavy atom. The molecule has 0 aliphatic carbocycles. The van der Waals surface area contributed by atoms with Crippen molar-refractivity contribution < 1.29 is 8.42 Å². The van der Waals surface area contributed by atoms with Gasteiger partial charge in [0.15, 0.2) is 0 Å². The van der Waals surface area contributed by atoms with Gasteiger partial charge in [0, 0.05) is 17.6 Å². The summed E-state index contributed by atoms with van der Waals surface area (Å²) in [4.78, 5) is 4.39. The van der Waals surface area contributed by atoms with Crippen LogP contribution in [-0.4, -0.2) is 32.2 Å². The van der Waals surface area contributed by atoms with Crippen molar-refractivity contribution in [2.45, 2.75) is 13.8 Å². The van der Waals surface area contributed by atoms with E-state index in [0.29, 0.717) is 12.2 Å². The van der Waals surface area contributed by atoms with Crippen LogP contribution in [0, 0.1) is 6.92 Å². The molecule has 2 N–H and O–H groups in total. The smallest absolute Gasteiger partial charge is 0.233 e. The minimum Gasteiger partial charge on any atom is -0.316 e. The quantitative estimate of drug-likeness (QED) is 0.798. The lowest BCUT2D eigenvalue weighted by atomic mass is 10.2. The van der Waals surface area contributed by atoms with Gasteiger partial charge in [0.25, 0.3) is 0 Å². The number of nitrogens with one attached hydrogen (secondary N) is 2. The molecular formula is C14H19N3O2S. The Morgan fingerprint density at radius 3 is 2.75 bits per heavy atom. The lowest BCUT2D eigenvalue weighted by Crippen LogP contribution is -2.26. The summed E-state index contributed by atoms with van der Waals surface area (Å²) >= 11 is 0. The molecule has 5 nitrogen and oxygen atoms in total. The maximum absolute atomic E-state index is 12.1. The van der Waals surface area contributed by atoms with E-state index in [2.05, 4.69) is 15.0 Å². The number of aryl methyl sites for hydroxylation is 1. The Balaban J connectivity index is 2.29. The number of rotatable bonds is 6. The second kappa shape index (κ2) is 6.19. The van der Waals surface area contributed by atoms with Crippen molar-refractivity contribution >= 4 is 26.6 Å². The van der Waals surface area contributed by atoms with Gasteiger partial charge in [-0.2, -0.15) is 0 Å². The largest absolute Gasteiger partial charge is 0.316 e. The van der Waals surface area contributed by atoms with Crippen molar-refractivity contribution in [2.24, 2.45) is 0 Å². The molecule has 6 heteroatoms. The second-order valence-electron chi connectivity index (χ2n) is 4.60. The van der Waals surface area contributed by atoms with Gasteiger partial charge in [-0.1, -0.05) is 25.1 Å². The summed E-state index contributed by atoms with van der Waals surface area (Å²) in [5, 5.41) is 3.82. The van der Waals surface area contributed by atoms with Crippen LogP contribution in [-0.2, 0) is 10.0 Å². The predicted molar refractivity (Wildman–Crippen MR) is 82.4 cm³/mol. The van der Waals surface area contributed by atoms with Gasteiger partial charge in [-0.15, -0.1) is 0 Å². The first-order chi connectivity index (χ1) is 9.52. The van der Waals surface area contributed by atoms with Crippen LogP contribution in [0.5, 0.6) is 0 Å². The van der Waals surface area contributed by atoms with Crippen LogP contribution in [0.3, 0.4) is 0 Å². The molecule has 108 valence electrons. The highest BCUT2D eigenvalue weighted by Gasteiger charge is 2.12. The molecule has 0 aliphatic heterocycles. The SMILES string of the molecule is CCNCCS(=O)(=O)Nc1cc(C)nc2ccccc12. The monoisotopic (exact) mass is 293 g/mol. The van der Waals surface area contributed by atoms with E-state index in [-0.39, 0.29) is 5.75 Å². The molecule has 0 spiro atoms. The maximum atomic E-state index is 12.1. The number of hydrogen-bond acceptors (Lipinski definition) is 4. The van der Waals surface area contributed by atoms with Crippen LogP contribution in [0.1, 0.15) is 12.6 Å². The van der Waals surface area contributed by atoms with Gasteiger partial charge in [-0.3, -0.25) is 9.71 Å². The van der Waals surface area contributed by atoms with E-state index in [4.69, 9.17) is 0 Å². The zero-order valence-corrected chi connectivity index (χ0v) is 12.5. The fourth-order valence-electron chi connectivity index (χ4n) is 1.99. The van der Waals surface area contributed by atoms with E-state index in [0.717, 1.165) is 23.1 Å². The third-order valence-corrected chi connectivity index (χ3v) is 4.18. The first-order valence-electron chi connectivity index (χ1n) is 6.59. The summed E-state index contributed by atoms with van der Waals surface area (Å²) in [6.07, 6.45) is 0. The van der Waals surface area contributed by atoms with Crippen molar-refractivity contribution in [3.8, 4) is 0 Å². The highest BCUT2D eigenvalue weighted by molar-refractivity contribution is 7.92.